The van der Waals surface area contributed by atoms with E-state index in [1.54, 1.807) is 20.8 Å². The highest BCUT2D eigenvalue weighted by molar-refractivity contribution is 5.90. The van der Waals surface area contributed by atoms with Crippen LogP contribution in [0.2, 0.25) is 0 Å². The Bertz CT molecular complexity index is 319. The van der Waals surface area contributed by atoms with Gasteiger partial charge in [0.15, 0.2) is 5.78 Å². The molecule has 4 nitrogen and oxygen atoms in total. The number of nitrogens with zero attached hydrogens (tertiary/aromatic N) is 1. The maximum absolute atomic E-state index is 12.2. The lowest BCUT2D eigenvalue weighted by Crippen LogP contribution is -2.39. The van der Waals surface area contributed by atoms with Crippen molar-refractivity contribution in [3.63, 3.8) is 0 Å². The average Bonchev–Trinajstić information content (AvgIpc) is 2.08. The molecule has 106 valence electrons. The van der Waals surface area contributed by atoms with Gasteiger partial charge in [0, 0.05) is 11.0 Å². The van der Waals surface area contributed by atoms with Gasteiger partial charge in [0.05, 0.1) is 0 Å². The van der Waals surface area contributed by atoms with Crippen LogP contribution in [0.5, 0.6) is 0 Å². The molecular formula is C14H26NO3-. The quantitative estimate of drug-likeness (QED) is 0.574. The molecule has 0 saturated heterocycles. The van der Waals surface area contributed by atoms with Crippen LogP contribution in [0.1, 0.15) is 55.4 Å². The van der Waals surface area contributed by atoms with Gasteiger partial charge in [-0.25, -0.2) is 0 Å². The summed E-state index contributed by atoms with van der Waals surface area (Å²) in [6, 6.07) is -0.639. The molecule has 0 bridgehead atoms. The monoisotopic (exact) mass is 256 g/mol. The fraction of sp³-hybridized carbons (Fsp3) is 0.857. The van der Waals surface area contributed by atoms with E-state index in [4.69, 9.17) is 4.74 Å². The standard InChI is InChI=1S/C14H27NO3/c1-9(2)10(11(16)13(3,4)5)15-12(17)18-14(6,7)8/h9-10H,1-8H3,(H,15,17)/p-1. The van der Waals surface area contributed by atoms with Crippen molar-refractivity contribution in [3.8, 4) is 0 Å². The first-order valence-electron chi connectivity index (χ1n) is 6.33. The highest BCUT2D eigenvalue weighted by Gasteiger charge is 2.31. The van der Waals surface area contributed by atoms with Gasteiger partial charge in [-0.05, 0) is 5.92 Å². The molecule has 0 aliphatic rings. The minimum atomic E-state index is -0.668. The van der Waals surface area contributed by atoms with Crippen molar-refractivity contribution in [1.29, 1.82) is 0 Å². The Kier molecular flexibility index (Phi) is 5.38. The van der Waals surface area contributed by atoms with Crippen LogP contribution in [-0.2, 0) is 9.53 Å². The Hall–Kier alpha value is -1.06. The van der Waals surface area contributed by atoms with Gasteiger partial charge in [-0.3, -0.25) is 9.79 Å². The minimum Gasteiger partial charge on any atom is -0.595 e. The molecule has 1 atom stereocenters. The van der Waals surface area contributed by atoms with E-state index in [9.17, 15) is 9.90 Å². The second-order valence-corrected chi connectivity index (χ2v) is 6.91. The highest BCUT2D eigenvalue weighted by atomic mass is 16.6. The van der Waals surface area contributed by atoms with Crippen LogP contribution < -0.4 is 5.11 Å². The largest absolute Gasteiger partial charge is 0.595 e. The van der Waals surface area contributed by atoms with Crippen LogP contribution in [0.4, 0.5) is 0 Å². The van der Waals surface area contributed by atoms with Gasteiger partial charge in [0.2, 0.25) is 0 Å². The Labute approximate surface area is 110 Å². The summed E-state index contributed by atoms with van der Waals surface area (Å²) in [7, 11) is 0. The number of rotatable bonds is 3. The van der Waals surface area contributed by atoms with Gasteiger partial charge in [0.25, 0.3) is 0 Å². The molecule has 0 aromatic heterocycles. The van der Waals surface area contributed by atoms with Crippen molar-refractivity contribution < 1.29 is 14.6 Å². The topological polar surface area (TPSA) is 61.7 Å². The van der Waals surface area contributed by atoms with Crippen LogP contribution in [0, 0.1) is 11.3 Å². The molecule has 0 radical (unpaired) electrons. The van der Waals surface area contributed by atoms with Gasteiger partial charge in [-0.2, -0.15) is 0 Å². The van der Waals surface area contributed by atoms with E-state index in [0.717, 1.165) is 0 Å². The molecule has 0 saturated carbocycles. The Morgan fingerprint density at radius 1 is 1.11 bits per heavy atom. The van der Waals surface area contributed by atoms with E-state index in [2.05, 4.69) is 4.99 Å². The van der Waals surface area contributed by atoms with Gasteiger partial charge < -0.3 is 9.84 Å². The SMILES string of the molecule is CC(C)C(N=C([O-])OC(C)(C)C)C(=O)C(C)(C)C. The van der Waals surface area contributed by atoms with E-state index in [-0.39, 0.29) is 11.7 Å². The predicted molar refractivity (Wildman–Crippen MR) is 71.4 cm³/mol. The van der Waals surface area contributed by atoms with Gasteiger partial charge in [0.1, 0.15) is 12.1 Å². The molecule has 0 spiro atoms. The third kappa shape index (κ3) is 6.03. The summed E-state index contributed by atoms with van der Waals surface area (Å²) in [5.41, 5.74) is -1.10. The Balaban J connectivity index is 5.06. The molecule has 18 heavy (non-hydrogen) atoms. The molecule has 0 aromatic rings. The molecule has 0 aliphatic heterocycles. The second kappa shape index (κ2) is 5.72. The first-order chi connectivity index (χ1) is 7.84. The van der Waals surface area contributed by atoms with E-state index in [0.29, 0.717) is 0 Å². The van der Waals surface area contributed by atoms with Crippen LogP contribution in [-0.4, -0.2) is 23.5 Å². The molecule has 0 N–H and O–H groups in total. The summed E-state index contributed by atoms with van der Waals surface area (Å²) in [6.07, 6.45) is -0.668. The van der Waals surface area contributed by atoms with Crippen molar-refractivity contribution in [2.45, 2.75) is 67.0 Å². The zero-order chi connectivity index (χ0) is 14.7. The zero-order valence-corrected chi connectivity index (χ0v) is 12.8. The summed E-state index contributed by atoms with van der Waals surface area (Å²) in [5, 5.41) is 11.7. The fourth-order valence-corrected chi connectivity index (χ4v) is 1.36. The molecule has 0 fully saturated rings. The van der Waals surface area contributed by atoms with E-state index >= 15 is 0 Å². The average molecular weight is 256 g/mol. The van der Waals surface area contributed by atoms with Crippen LogP contribution in [0.15, 0.2) is 4.99 Å². The summed E-state index contributed by atoms with van der Waals surface area (Å²) < 4.78 is 5.12. The molecule has 0 rings (SSSR count). The molecule has 0 aliphatic carbocycles. The normalized spacial score (nSPS) is 15.7. The Morgan fingerprint density at radius 3 is 1.83 bits per heavy atom. The van der Waals surface area contributed by atoms with Gasteiger partial charge in [-0.1, -0.05) is 55.4 Å². The van der Waals surface area contributed by atoms with Crippen LogP contribution in [0.3, 0.4) is 0 Å². The number of carbonyl (C=O) groups excluding carboxylic acids is 1. The van der Waals surface area contributed by atoms with Gasteiger partial charge in [-0.15, -0.1) is 0 Å². The lowest BCUT2D eigenvalue weighted by Gasteiger charge is -2.31. The maximum atomic E-state index is 12.2. The number of ether oxygens (including phenoxy) is 1. The summed E-state index contributed by atoms with van der Waals surface area (Å²) in [6.45, 7) is 14.6. The molecule has 0 amide bonds. The van der Waals surface area contributed by atoms with Crippen molar-refractivity contribution in [2.75, 3.05) is 0 Å². The Morgan fingerprint density at radius 2 is 1.56 bits per heavy atom. The molecular weight excluding hydrogens is 230 g/mol. The van der Waals surface area contributed by atoms with Crippen LogP contribution >= 0.6 is 0 Å². The number of hydrogen-bond donors (Lipinski definition) is 0. The van der Waals surface area contributed by atoms with E-state index in [1.807, 2.05) is 34.6 Å². The smallest absolute Gasteiger partial charge is 0.162 e. The number of Topliss-reactive ketones (excluding diaryl/α,β-unsaturated/α-hetero) is 1. The first kappa shape index (κ1) is 16.9. The minimum absolute atomic E-state index is 0.0238. The lowest BCUT2D eigenvalue weighted by molar-refractivity contribution is -0.261. The fourth-order valence-electron chi connectivity index (χ4n) is 1.36. The first-order valence-corrected chi connectivity index (χ1v) is 6.33. The van der Waals surface area contributed by atoms with Crippen molar-refractivity contribution >= 4 is 11.9 Å². The number of carbonyl (C=O) groups is 1. The number of ketones is 1. The third-order valence-electron chi connectivity index (χ3n) is 2.28. The van der Waals surface area contributed by atoms with E-state index in [1.165, 1.54) is 0 Å². The second-order valence-electron chi connectivity index (χ2n) is 6.91. The maximum Gasteiger partial charge on any atom is 0.162 e. The lowest BCUT2D eigenvalue weighted by atomic mass is 9.83. The molecule has 0 aromatic carbocycles. The highest BCUT2D eigenvalue weighted by Crippen LogP contribution is 2.22. The van der Waals surface area contributed by atoms with Crippen LogP contribution in [0.25, 0.3) is 0 Å². The van der Waals surface area contributed by atoms with Gasteiger partial charge >= 0.3 is 0 Å². The van der Waals surface area contributed by atoms with Crippen molar-refractivity contribution in [1.82, 2.24) is 0 Å². The number of aliphatic imine (C=N–C) groups is 1. The third-order valence-corrected chi connectivity index (χ3v) is 2.28. The summed E-state index contributed by atoms with van der Waals surface area (Å²) in [5.74, 6) is -0.0624. The summed E-state index contributed by atoms with van der Waals surface area (Å²) >= 11 is 0. The van der Waals surface area contributed by atoms with E-state index < -0.39 is 23.1 Å². The molecule has 4 heteroatoms. The van der Waals surface area contributed by atoms with Crippen molar-refractivity contribution in [3.05, 3.63) is 0 Å². The number of hydrogen-bond acceptors (Lipinski definition) is 4. The predicted octanol–water partition coefficient (Wildman–Crippen LogP) is 2.16. The zero-order valence-electron chi connectivity index (χ0n) is 12.8. The van der Waals surface area contributed by atoms with Crippen molar-refractivity contribution in [2.24, 2.45) is 16.3 Å². The molecule has 0 heterocycles. The molecule has 1 unspecified atom stereocenters. The summed E-state index contributed by atoms with van der Waals surface area (Å²) in [4.78, 5) is 16.1.